The van der Waals surface area contributed by atoms with E-state index < -0.39 is 15.8 Å². The number of sulfonamides is 1. The van der Waals surface area contributed by atoms with Crippen LogP contribution in [-0.4, -0.2) is 48.9 Å². The average molecular weight is 461 g/mol. The van der Waals surface area contributed by atoms with Crippen molar-refractivity contribution in [1.82, 2.24) is 14.3 Å². The van der Waals surface area contributed by atoms with Crippen LogP contribution in [0.15, 0.2) is 29.2 Å². The fourth-order valence-electron chi connectivity index (χ4n) is 4.55. The summed E-state index contributed by atoms with van der Waals surface area (Å²) in [6.07, 6.45) is 3.32. The Morgan fingerprint density at radius 2 is 1.81 bits per heavy atom. The lowest BCUT2D eigenvalue weighted by Gasteiger charge is -2.35. The summed E-state index contributed by atoms with van der Waals surface area (Å²) in [7, 11) is -3.64. The van der Waals surface area contributed by atoms with Gasteiger partial charge >= 0.3 is 0 Å². The van der Waals surface area contributed by atoms with Gasteiger partial charge in [-0.2, -0.15) is 4.31 Å². The number of aromatic nitrogens is 2. The number of hydrogen-bond acceptors (Lipinski definition) is 6. The van der Waals surface area contributed by atoms with Gasteiger partial charge in [-0.25, -0.2) is 22.8 Å². The van der Waals surface area contributed by atoms with Crippen LogP contribution in [0, 0.1) is 18.7 Å². The highest BCUT2D eigenvalue weighted by atomic mass is 32.2. The number of halogens is 1. The van der Waals surface area contributed by atoms with Crippen molar-refractivity contribution in [3.63, 3.8) is 0 Å². The zero-order valence-corrected chi connectivity index (χ0v) is 19.3. The van der Waals surface area contributed by atoms with Gasteiger partial charge in [0, 0.05) is 31.1 Å². The van der Waals surface area contributed by atoms with Crippen molar-refractivity contribution in [2.24, 2.45) is 5.92 Å². The highest BCUT2D eigenvalue weighted by molar-refractivity contribution is 7.89. The minimum Gasteiger partial charge on any atom is -0.353 e. The predicted molar refractivity (Wildman–Crippen MR) is 121 cm³/mol. The molecular formula is C22H25FN4O2S2. The van der Waals surface area contributed by atoms with Gasteiger partial charge in [-0.1, -0.05) is 6.92 Å². The molecule has 0 amide bonds. The van der Waals surface area contributed by atoms with Crippen molar-refractivity contribution < 1.29 is 12.8 Å². The molecule has 3 aromatic rings. The normalized spacial score (nSPS) is 20.2. The minimum absolute atomic E-state index is 0.128. The summed E-state index contributed by atoms with van der Waals surface area (Å²) in [6.45, 7) is 6.08. The monoisotopic (exact) mass is 460 g/mol. The summed E-state index contributed by atoms with van der Waals surface area (Å²) < 4.78 is 40.6. The Balaban J connectivity index is 1.42. The van der Waals surface area contributed by atoms with Crippen molar-refractivity contribution in [1.29, 1.82) is 0 Å². The van der Waals surface area contributed by atoms with Crippen molar-refractivity contribution in [2.75, 3.05) is 31.1 Å². The smallest absolute Gasteiger partial charge is 0.243 e. The molecule has 0 N–H and O–H groups in total. The Labute approximate surface area is 185 Å². The fourth-order valence-corrected chi connectivity index (χ4v) is 7.40. The molecule has 1 aliphatic heterocycles. The second-order valence-corrected chi connectivity index (χ2v) is 11.5. The Hall–Kier alpha value is -2.10. The van der Waals surface area contributed by atoms with Gasteiger partial charge in [-0.15, -0.1) is 11.3 Å². The molecule has 9 heteroatoms. The molecule has 2 aromatic heterocycles. The van der Waals surface area contributed by atoms with Gasteiger partial charge in [0.1, 0.15) is 22.3 Å². The van der Waals surface area contributed by atoms with Gasteiger partial charge in [0.15, 0.2) is 0 Å². The van der Waals surface area contributed by atoms with E-state index in [0.29, 0.717) is 32.1 Å². The average Bonchev–Trinajstić information content (AvgIpc) is 3.10. The summed E-state index contributed by atoms with van der Waals surface area (Å²) in [5, 5.41) is 1.16. The van der Waals surface area contributed by atoms with Gasteiger partial charge in [0.05, 0.1) is 10.3 Å². The van der Waals surface area contributed by atoms with Gasteiger partial charge in [-0.3, -0.25) is 0 Å². The lowest BCUT2D eigenvalue weighted by molar-refractivity contribution is 0.384. The number of thiophene rings is 1. The predicted octanol–water partition coefficient (Wildman–Crippen LogP) is 3.77. The molecule has 1 saturated heterocycles. The molecule has 1 fully saturated rings. The third kappa shape index (κ3) is 3.72. The zero-order valence-electron chi connectivity index (χ0n) is 17.6. The van der Waals surface area contributed by atoms with Crippen LogP contribution in [0.5, 0.6) is 0 Å². The lowest BCUT2D eigenvalue weighted by Crippen LogP contribution is -2.49. The molecule has 1 unspecified atom stereocenters. The van der Waals surface area contributed by atoms with E-state index in [-0.39, 0.29) is 4.90 Å². The Morgan fingerprint density at radius 3 is 2.52 bits per heavy atom. The highest BCUT2D eigenvalue weighted by Gasteiger charge is 2.31. The number of piperazine rings is 1. The SMILES string of the molecule is Cc1nc(N2CCN(S(=O)(=O)c3ccc(F)cc3)CC2)c2c3c(sc2n1)CC(C)CC3. The number of fused-ring (bicyclic) bond motifs is 3. The molecule has 0 spiro atoms. The molecule has 5 rings (SSSR count). The van der Waals surface area contributed by atoms with E-state index in [4.69, 9.17) is 9.97 Å². The fraction of sp³-hybridized carbons (Fsp3) is 0.455. The molecule has 164 valence electrons. The van der Waals surface area contributed by atoms with E-state index in [0.717, 1.165) is 34.7 Å². The van der Waals surface area contributed by atoms with Crippen LogP contribution in [-0.2, 0) is 22.9 Å². The molecule has 0 saturated carbocycles. The molecule has 1 aromatic carbocycles. The van der Waals surface area contributed by atoms with E-state index in [1.165, 1.54) is 45.4 Å². The first-order valence-electron chi connectivity index (χ1n) is 10.6. The van der Waals surface area contributed by atoms with E-state index >= 15 is 0 Å². The molecule has 6 nitrogen and oxygen atoms in total. The molecule has 3 heterocycles. The van der Waals surface area contributed by atoms with Crippen molar-refractivity contribution in [2.45, 2.75) is 38.0 Å². The van der Waals surface area contributed by atoms with E-state index in [2.05, 4.69) is 11.8 Å². The minimum atomic E-state index is -3.64. The largest absolute Gasteiger partial charge is 0.353 e. The van der Waals surface area contributed by atoms with Crippen molar-refractivity contribution >= 4 is 37.4 Å². The molecule has 31 heavy (non-hydrogen) atoms. The van der Waals surface area contributed by atoms with Crippen LogP contribution in [0.3, 0.4) is 0 Å². The van der Waals surface area contributed by atoms with Crippen LogP contribution in [0.25, 0.3) is 10.2 Å². The summed E-state index contributed by atoms with van der Waals surface area (Å²) in [5.41, 5.74) is 1.38. The van der Waals surface area contributed by atoms with Gasteiger partial charge in [0.2, 0.25) is 10.0 Å². The maximum Gasteiger partial charge on any atom is 0.243 e. The second kappa shape index (κ2) is 7.79. The van der Waals surface area contributed by atoms with Crippen LogP contribution in [0.2, 0.25) is 0 Å². The van der Waals surface area contributed by atoms with Gasteiger partial charge in [0.25, 0.3) is 0 Å². The molecule has 1 atom stereocenters. The number of aryl methyl sites for hydroxylation is 2. The summed E-state index contributed by atoms with van der Waals surface area (Å²) >= 11 is 1.78. The number of benzene rings is 1. The standard InChI is InChI=1S/C22H25FN4O2S2/c1-14-3-8-18-19(13-14)30-22-20(18)21(24-15(2)25-22)26-9-11-27(12-10-26)31(28,29)17-6-4-16(23)5-7-17/h4-7,14H,3,8-13H2,1-2H3. The first-order chi connectivity index (χ1) is 14.8. The molecule has 0 bridgehead atoms. The third-order valence-corrected chi connectivity index (χ3v) is 9.30. The van der Waals surface area contributed by atoms with Crippen molar-refractivity contribution in [3.8, 4) is 0 Å². The Kier molecular flexibility index (Phi) is 5.22. The summed E-state index contributed by atoms with van der Waals surface area (Å²) in [4.78, 5) is 14.3. The van der Waals surface area contributed by atoms with E-state index in [1.54, 1.807) is 11.3 Å². The Morgan fingerprint density at radius 1 is 1.10 bits per heavy atom. The molecular weight excluding hydrogens is 435 g/mol. The molecule has 1 aliphatic carbocycles. The summed E-state index contributed by atoms with van der Waals surface area (Å²) in [5.74, 6) is 1.93. The third-order valence-electron chi connectivity index (χ3n) is 6.24. The van der Waals surface area contributed by atoms with Gasteiger partial charge < -0.3 is 4.90 Å². The number of hydrogen-bond donors (Lipinski definition) is 0. The van der Waals surface area contributed by atoms with Crippen molar-refractivity contribution in [3.05, 3.63) is 46.3 Å². The quantitative estimate of drug-likeness (QED) is 0.595. The number of anilines is 1. The zero-order chi connectivity index (χ0) is 21.8. The number of rotatable bonds is 3. The second-order valence-electron chi connectivity index (χ2n) is 8.47. The lowest BCUT2D eigenvalue weighted by atomic mass is 9.89. The molecule has 0 radical (unpaired) electrons. The first-order valence-corrected chi connectivity index (χ1v) is 12.9. The van der Waals surface area contributed by atoms with Crippen LogP contribution in [0.1, 0.15) is 29.6 Å². The van der Waals surface area contributed by atoms with Crippen LogP contribution in [0.4, 0.5) is 10.2 Å². The van der Waals surface area contributed by atoms with Gasteiger partial charge in [-0.05, 0) is 61.9 Å². The van der Waals surface area contributed by atoms with E-state index in [9.17, 15) is 12.8 Å². The number of nitrogens with zero attached hydrogens (tertiary/aromatic N) is 4. The maximum atomic E-state index is 13.2. The van der Waals surface area contributed by atoms with Crippen LogP contribution >= 0.6 is 11.3 Å². The topological polar surface area (TPSA) is 66.4 Å². The highest BCUT2D eigenvalue weighted by Crippen LogP contribution is 2.41. The molecule has 2 aliphatic rings. The Bertz CT molecular complexity index is 1230. The first kappa shape index (κ1) is 20.8. The van der Waals surface area contributed by atoms with Crippen LogP contribution < -0.4 is 4.90 Å². The maximum absolute atomic E-state index is 13.2. The van der Waals surface area contributed by atoms with E-state index in [1.807, 2.05) is 6.92 Å². The summed E-state index contributed by atoms with van der Waals surface area (Å²) in [6, 6.07) is 5.02.